The van der Waals surface area contributed by atoms with E-state index in [0.717, 1.165) is 40.5 Å². The van der Waals surface area contributed by atoms with Crippen molar-refractivity contribution >= 4 is 27.5 Å². The minimum absolute atomic E-state index is 0.719. The van der Waals surface area contributed by atoms with Crippen LogP contribution in [0.15, 0.2) is 16.6 Å². The summed E-state index contributed by atoms with van der Waals surface area (Å²) >= 11 is 9.64. The average molecular weight is 362 g/mol. The molecular formula is C15H22BrClN2O. The maximum Gasteiger partial charge on any atom is 0.138 e. The predicted octanol–water partition coefficient (Wildman–Crippen LogP) is 3.69. The van der Waals surface area contributed by atoms with Gasteiger partial charge >= 0.3 is 0 Å². The first-order chi connectivity index (χ1) is 9.70. The molecule has 20 heavy (non-hydrogen) atoms. The van der Waals surface area contributed by atoms with Crippen molar-refractivity contribution in [3.05, 3.63) is 27.2 Å². The van der Waals surface area contributed by atoms with Crippen molar-refractivity contribution in [3.63, 3.8) is 0 Å². The highest BCUT2D eigenvalue weighted by Gasteiger charge is 2.12. The lowest BCUT2D eigenvalue weighted by Crippen LogP contribution is -2.33. The molecule has 5 heteroatoms. The van der Waals surface area contributed by atoms with Gasteiger partial charge < -0.3 is 10.1 Å². The van der Waals surface area contributed by atoms with Gasteiger partial charge in [0.1, 0.15) is 12.4 Å². The molecular weight excluding hydrogens is 340 g/mol. The van der Waals surface area contributed by atoms with Gasteiger partial charge in [0, 0.05) is 23.7 Å². The Morgan fingerprint density at radius 2 is 2.05 bits per heavy atom. The molecule has 112 valence electrons. The van der Waals surface area contributed by atoms with Crippen LogP contribution in [-0.2, 0) is 6.54 Å². The summed E-state index contributed by atoms with van der Waals surface area (Å²) in [5.74, 6) is 0.903. The topological polar surface area (TPSA) is 24.5 Å². The molecule has 1 aromatic rings. The lowest BCUT2D eigenvalue weighted by molar-refractivity contribution is 0.182. The van der Waals surface area contributed by atoms with Gasteiger partial charge in [0.25, 0.3) is 0 Å². The zero-order chi connectivity index (χ0) is 14.4. The van der Waals surface area contributed by atoms with Crippen molar-refractivity contribution in [3.8, 4) is 5.75 Å². The number of nitrogens with one attached hydrogen (secondary N) is 1. The Kier molecular flexibility index (Phi) is 6.62. The van der Waals surface area contributed by atoms with Gasteiger partial charge in [-0.05, 0) is 61.0 Å². The van der Waals surface area contributed by atoms with Crippen LogP contribution in [0.4, 0.5) is 0 Å². The fraction of sp³-hybridized carbons (Fsp3) is 0.600. The second-order valence-electron chi connectivity index (χ2n) is 5.16. The van der Waals surface area contributed by atoms with E-state index in [0.29, 0.717) is 0 Å². The molecule has 3 nitrogen and oxygen atoms in total. The predicted molar refractivity (Wildman–Crippen MR) is 87.7 cm³/mol. The van der Waals surface area contributed by atoms with Crippen molar-refractivity contribution in [2.24, 2.45) is 0 Å². The van der Waals surface area contributed by atoms with E-state index < -0.39 is 0 Å². The van der Waals surface area contributed by atoms with E-state index >= 15 is 0 Å². The minimum Gasteiger partial charge on any atom is -0.491 e. The molecule has 1 aromatic carbocycles. The van der Waals surface area contributed by atoms with E-state index in [9.17, 15) is 0 Å². The molecule has 1 aliphatic rings. The summed E-state index contributed by atoms with van der Waals surface area (Å²) in [6, 6.07) is 3.84. The first-order valence-corrected chi connectivity index (χ1v) is 8.35. The molecule has 0 spiro atoms. The molecule has 2 rings (SSSR count). The quantitative estimate of drug-likeness (QED) is 0.836. The molecule has 0 atom stereocenters. The zero-order valence-corrected chi connectivity index (χ0v) is 14.3. The molecule has 0 aliphatic carbocycles. The number of piperidine rings is 1. The fourth-order valence-electron chi connectivity index (χ4n) is 2.56. The highest BCUT2D eigenvalue weighted by molar-refractivity contribution is 9.10. The SMILES string of the molecule is CNCc1cc(Cl)cc(Br)c1OCCN1CCCCC1. The van der Waals surface area contributed by atoms with Crippen LogP contribution >= 0.6 is 27.5 Å². The van der Waals surface area contributed by atoms with Crippen LogP contribution < -0.4 is 10.1 Å². The third-order valence-electron chi connectivity index (χ3n) is 3.56. The van der Waals surface area contributed by atoms with Crippen molar-refractivity contribution in [2.45, 2.75) is 25.8 Å². The van der Waals surface area contributed by atoms with E-state index in [1.807, 2.05) is 19.2 Å². The second-order valence-corrected chi connectivity index (χ2v) is 6.45. The Morgan fingerprint density at radius 3 is 2.75 bits per heavy atom. The fourth-order valence-corrected chi connectivity index (χ4v) is 3.55. The van der Waals surface area contributed by atoms with Crippen LogP contribution in [0.1, 0.15) is 24.8 Å². The third kappa shape index (κ3) is 4.62. The van der Waals surface area contributed by atoms with E-state index in [2.05, 4.69) is 26.1 Å². The number of hydrogen-bond acceptors (Lipinski definition) is 3. The number of hydrogen-bond donors (Lipinski definition) is 1. The normalized spacial score (nSPS) is 16.4. The van der Waals surface area contributed by atoms with E-state index in [1.54, 1.807) is 0 Å². The van der Waals surface area contributed by atoms with Crippen LogP contribution in [0.25, 0.3) is 0 Å². The van der Waals surface area contributed by atoms with Gasteiger partial charge in [-0.2, -0.15) is 0 Å². The van der Waals surface area contributed by atoms with Crippen molar-refractivity contribution in [1.82, 2.24) is 10.2 Å². The number of ether oxygens (including phenoxy) is 1. The molecule has 1 saturated heterocycles. The van der Waals surface area contributed by atoms with E-state index in [-0.39, 0.29) is 0 Å². The number of rotatable bonds is 6. The zero-order valence-electron chi connectivity index (χ0n) is 11.9. The van der Waals surface area contributed by atoms with Crippen LogP contribution in [0.5, 0.6) is 5.75 Å². The van der Waals surface area contributed by atoms with Gasteiger partial charge in [-0.15, -0.1) is 0 Å². The minimum atomic E-state index is 0.719. The van der Waals surface area contributed by atoms with Gasteiger partial charge in [0.2, 0.25) is 0 Å². The lowest BCUT2D eigenvalue weighted by Gasteiger charge is -2.26. The van der Waals surface area contributed by atoms with Crippen molar-refractivity contribution < 1.29 is 4.74 Å². The molecule has 1 aliphatic heterocycles. The summed E-state index contributed by atoms with van der Waals surface area (Å²) < 4.78 is 6.92. The van der Waals surface area contributed by atoms with Gasteiger partial charge in [-0.1, -0.05) is 18.0 Å². The maximum atomic E-state index is 6.09. The molecule has 0 radical (unpaired) electrons. The Balaban J connectivity index is 1.93. The molecule has 0 saturated carbocycles. The largest absolute Gasteiger partial charge is 0.491 e. The maximum absolute atomic E-state index is 6.09. The molecule has 1 heterocycles. The number of nitrogens with zero attached hydrogens (tertiary/aromatic N) is 1. The molecule has 0 aromatic heterocycles. The summed E-state index contributed by atoms with van der Waals surface area (Å²) in [5.41, 5.74) is 1.09. The summed E-state index contributed by atoms with van der Waals surface area (Å²) in [7, 11) is 1.92. The highest BCUT2D eigenvalue weighted by atomic mass is 79.9. The summed E-state index contributed by atoms with van der Waals surface area (Å²) in [6.07, 6.45) is 4.00. The summed E-state index contributed by atoms with van der Waals surface area (Å²) in [5, 5.41) is 3.88. The van der Waals surface area contributed by atoms with E-state index in [4.69, 9.17) is 16.3 Å². The second kappa shape index (κ2) is 8.23. The Bertz CT molecular complexity index is 436. The van der Waals surface area contributed by atoms with Crippen LogP contribution in [0.3, 0.4) is 0 Å². The molecule has 1 fully saturated rings. The van der Waals surface area contributed by atoms with Gasteiger partial charge in [0.05, 0.1) is 4.47 Å². The highest BCUT2D eigenvalue weighted by Crippen LogP contribution is 2.32. The average Bonchev–Trinajstić information content (AvgIpc) is 2.43. The summed E-state index contributed by atoms with van der Waals surface area (Å²) in [4.78, 5) is 2.48. The lowest BCUT2D eigenvalue weighted by atomic mass is 10.1. The Labute approximate surface area is 134 Å². The Hall–Kier alpha value is -0.290. The van der Waals surface area contributed by atoms with Crippen LogP contribution in [0, 0.1) is 0 Å². The monoisotopic (exact) mass is 360 g/mol. The number of halogens is 2. The van der Waals surface area contributed by atoms with E-state index in [1.165, 1.54) is 32.4 Å². The van der Waals surface area contributed by atoms with Gasteiger partial charge in [-0.3, -0.25) is 4.90 Å². The van der Waals surface area contributed by atoms with Crippen molar-refractivity contribution in [1.29, 1.82) is 0 Å². The molecule has 0 amide bonds. The number of benzene rings is 1. The first-order valence-electron chi connectivity index (χ1n) is 7.18. The molecule has 0 unspecified atom stereocenters. The standard InChI is InChI=1S/C15H22BrClN2O/c1-18-11-12-9-13(17)10-14(16)15(12)20-8-7-19-5-3-2-4-6-19/h9-10,18H,2-8,11H2,1H3. The smallest absolute Gasteiger partial charge is 0.138 e. The van der Waals surface area contributed by atoms with Gasteiger partial charge in [0.15, 0.2) is 0 Å². The first kappa shape index (κ1) is 16.1. The molecule has 1 N–H and O–H groups in total. The van der Waals surface area contributed by atoms with Gasteiger partial charge in [-0.25, -0.2) is 0 Å². The van der Waals surface area contributed by atoms with Crippen LogP contribution in [0.2, 0.25) is 5.02 Å². The third-order valence-corrected chi connectivity index (χ3v) is 4.36. The number of likely N-dealkylation sites (tertiary alicyclic amines) is 1. The van der Waals surface area contributed by atoms with Crippen LogP contribution in [-0.4, -0.2) is 38.2 Å². The van der Waals surface area contributed by atoms with Crippen molar-refractivity contribution in [2.75, 3.05) is 33.3 Å². The Morgan fingerprint density at radius 1 is 1.30 bits per heavy atom. The molecule has 0 bridgehead atoms. The summed E-state index contributed by atoms with van der Waals surface area (Å²) in [6.45, 7) is 4.87.